The van der Waals surface area contributed by atoms with Crippen LogP contribution in [0.1, 0.15) is 58.8 Å². The van der Waals surface area contributed by atoms with Crippen LogP contribution in [0.3, 0.4) is 0 Å². The molecule has 14 N–H and O–H groups in total. The Labute approximate surface area is 339 Å². The van der Waals surface area contributed by atoms with Crippen LogP contribution in [0.2, 0.25) is 0 Å². The zero-order valence-corrected chi connectivity index (χ0v) is 32.9. The SMILES string of the molecule is C[C@@]12CCC[C@@](C)(C(=O)O[C@@H]3O[C@H](CO)[C@@H](O)[C@H](O)[C@H]3O[C@@H]3O[C@H](CO)[C@@H](O)[C@H](O)[C@H]3O)[C@H]1[C@H](O)[C@H](O)[C@]13C[C@@H](CO[C@@H]4O[C@H](CO)[C@@H](O)[C@H](O)[C@H]4O)[C@](O)(CC[C@@H]21)C3. The quantitative estimate of drug-likeness (QED) is 0.0910. The van der Waals surface area contributed by atoms with Crippen LogP contribution in [0.5, 0.6) is 0 Å². The minimum absolute atomic E-state index is 0.0880. The zero-order valence-electron chi connectivity index (χ0n) is 32.9. The van der Waals surface area contributed by atoms with Gasteiger partial charge in [-0.3, -0.25) is 4.79 Å². The number of ether oxygens (including phenoxy) is 6. The van der Waals surface area contributed by atoms with Gasteiger partial charge in [0.1, 0.15) is 67.1 Å². The van der Waals surface area contributed by atoms with Crippen molar-refractivity contribution >= 4 is 5.97 Å². The van der Waals surface area contributed by atoms with Gasteiger partial charge in [0, 0.05) is 17.3 Å². The molecule has 1 spiro atoms. The van der Waals surface area contributed by atoms with Crippen molar-refractivity contribution in [2.75, 3.05) is 26.4 Å². The third kappa shape index (κ3) is 7.28. The third-order valence-electron chi connectivity index (χ3n) is 15.4. The predicted octanol–water partition coefficient (Wildman–Crippen LogP) is -5.94. The molecule has 0 aromatic carbocycles. The first-order chi connectivity index (χ1) is 27.7. The molecule has 7 fully saturated rings. The van der Waals surface area contributed by atoms with E-state index >= 15 is 0 Å². The lowest BCUT2D eigenvalue weighted by molar-refractivity contribution is -0.364. The lowest BCUT2D eigenvalue weighted by Crippen LogP contribution is -2.70. The number of hydrogen-bond acceptors (Lipinski definition) is 21. The predicted molar refractivity (Wildman–Crippen MR) is 191 cm³/mol. The molecular formula is C38H62O21. The number of aliphatic hydroxyl groups is 14. The Morgan fingerprint density at radius 2 is 1.20 bits per heavy atom. The minimum atomic E-state index is -1.94. The molecule has 3 aliphatic heterocycles. The maximum atomic E-state index is 14.6. The first-order valence-electron chi connectivity index (χ1n) is 20.5. The molecule has 0 aromatic rings. The van der Waals surface area contributed by atoms with Crippen molar-refractivity contribution in [2.24, 2.45) is 34.0 Å². The smallest absolute Gasteiger partial charge is 0.314 e. The fraction of sp³-hybridized carbons (Fsp3) is 0.974. The van der Waals surface area contributed by atoms with E-state index in [1.807, 2.05) is 6.92 Å². The standard InChI is InChI=1S/C38H62O21/c1-35-5-3-6-36(2,34(52)59-33-28(24(47)21(44)17(11-41)57-33)58-32-26(49)23(46)20(43)16(10-40)56-32)29(35)27(50)30(51)37-8-14(38(53,13-37)7-4-18(35)37)12-54-31-25(48)22(45)19(42)15(9-39)55-31/h14-33,39-51,53H,3-13H2,1-2H3/t14-,15+,16+,17+,18-,19+,20+,21+,22-,23-,24-,25+,26+,27-,28+,29-,30-,31+,32-,33-,35-,36+,37-,38-/m0/s1. The van der Waals surface area contributed by atoms with E-state index in [0.29, 0.717) is 19.3 Å². The van der Waals surface area contributed by atoms with Crippen LogP contribution < -0.4 is 0 Å². The third-order valence-corrected chi connectivity index (χ3v) is 15.4. The highest BCUT2D eigenvalue weighted by Crippen LogP contribution is 2.73. The molecule has 2 bridgehead atoms. The summed E-state index contributed by atoms with van der Waals surface area (Å²) in [6, 6.07) is 0. The van der Waals surface area contributed by atoms with Crippen molar-refractivity contribution in [2.45, 2.75) is 169 Å². The average Bonchev–Trinajstić information content (AvgIpc) is 3.43. The number of rotatable bonds is 10. The first-order valence-corrected chi connectivity index (χ1v) is 20.5. The van der Waals surface area contributed by atoms with Crippen molar-refractivity contribution in [3.63, 3.8) is 0 Å². The summed E-state index contributed by atoms with van der Waals surface area (Å²) in [7, 11) is 0. The molecule has 21 nitrogen and oxygen atoms in total. The second kappa shape index (κ2) is 16.7. The Morgan fingerprint density at radius 1 is 0.661 bits per heavy atom. The fourth-order valence-electron chi connectivity index (χ4n) is 12.4. The van der Waals surface area contributed by atoms with E-state index in [0.717, 1.165) is 0 Å². The summed E-state index contributed by atoms with van der Waals surface area (Å²) in [5, 5.41) is 150. The molecule has 0 amide bonds. The van der Waals surface area contributed by atoms with E-state index in [1.54, 1.807) is 6.92 Å². The van der Waals surface area contributed by atoms with E-state index in [9.17, 15) is 76.3 Å². The summed E-state index contributed by atoms with van der Waals surface area (Å²) in [5.74, 6) is -2.85. The number of fused-ring (bicyclic) bond motifs is 3. The average molecular weight is 855 g/mol. The molecule has 0 aromatic heterocycles. The van der Waals surface area contributed by atoms with Gasteiger partial charge >= 0.3 is 5.97 Å². The lowest BCUT2D eigenvalue weighted by Gasteiger charge is -2.66. The Morgan fingerprint density at radius 3 is 1.80 bits per heavy atom. The Hall–Kier alpha value is -1.29. The summed E-state index contributed by atoms with van der Waals surface area (Å²) < 4.78 is 34.2. The number of hydrogen-bond donors (Lipinski definition) is 14. The molecule has 24 atom stereocenters. The van der Waals surface area contributed by atoms with Crippen molar-refractivity contribution in [1.29, 1.82) is 0 Å². The van der Waals surface area contributed by atoms with Crippen LogP contribution in [-0.2, 0) is 33.2 Å². The maximum absolute atomic E-state index is 14.6. The van der Waals surface area contributed by atoms with Gasteiger partial charge in [0.05, 0.1) is 49.7 Å². The molecule has 21 heteroatoms. The van der Waals surface area contributed by atoms with Gasteiger partial charge in [0.25, 0.3) is 0 Å². The van der Waals surface area contributed by atoms with E-state index < -0.39 is 164 Å². The molecule has 3 saturated heterocycles. The number of aliphatic hydroxyl groups excluding tert-OH is 13. The minimum Gasteiger partial charge on any atom is -0.432 e. The molecule has 0 radical (unpaired) electrons. The highest BCUT2D eigenvalue weighted by molar-refractivity contribution is 5.77. The van der Waals surface area contributed by atoms with Gasteiger partial charge in [-0.2, -0.15) is 0 Å². The molecule has 4 aliphatic carbocycles. The van der Waals surface area contributed by atoms with E-state index in [-0.39, 0.29) is 38.2 Å². The highest BCUT2D eigenvalue weighted by Gasteiger charge is 2.74. The van der Waals surface area contributed by atoms with Crippen LogP contribution in [0, 0.1) is 34.0 Å². The summed E-state index contributed by atoms with van der Waals surface area (Å²) in [5.41, 5.74) is -4.77. The van der Waals surface area contributed by atoms with Gasteiger partial charge in [-0.05, 0) is 56.8 Å². The highest BCUT2D eigenvalue weighted by atomic mass is 16.8. The second-order valence-corrected chi connectivity index (χ2v) is 18.6. The molecule has 3 heterocycles. The number of carbonyl (C=O) groups is 1. The second-order valence-electron chi connectivity index (χ2n) is 18.6. The molecular weight excluding hydrogens is 792 g/mol. The van der Waals surface area contributed by atoms with Gasteiger partial charge in [-0.15, -0.1) is 0 Å². The first kappa shape index (κ1) is 45.7. The zero-order chi connectivity index (χ0) is 43.1. The molecule has 59 heavy (non-hydrogen) atoms. The van der Waals surface area contributed by atoms with Crippen LogP contribution in [-0.4, -0.2) is 214 Å². The number of esters is 1. The lowest BCUT2D eigenvalue weighted by atomic mass is 9.39. The monoisotopic (exact) mass is 854 g/mol. The maximum Gasteiger partial charge on any atom is 0.314 e. The van der Waals surface area contributed by atoms with E-state index in [4.69, 9.17) is 28.4 Å². The van der Waals surface area contributed by atoms with Gasteiger partial charge in [-0.1, -0.05) is 13.3 Å². The Balaban J connectivity index is 1.11. The Bertz CT molecular complexity index is 1490. The van der Waals surface area contributed by atoms with Crippen molar-refractivity contribution in [3.8, 4) is 0 Å². The van der Waals surface area contributed by atoms with Gasteiger partial charge in [0.15, 0.2) is 18.7 Å². The molecule has 340 valence electrons. The number of carbonyl (C=O) groups excluding carboxylic acids is 1. The molecule has 0 unspecified atom stereocenters. The van der Waals surface area contributed by atoms with Crippen molar-refractivity contribution in [1.82, 2.24) is 0 Å². The van der Waals surface area contributed by atoms with Crippen LogP contribution in [0.4, 0.5) is 0 Å². The molecule has 7 aliphatic rings. The largest absolute Gasteiger partial charge is 0.432 e. The summed E-state index contributed by atoms with van der Waals surface area (Å²) in [4.78, 5) is 14.6. The topological polar surface area (TPSA) is 356 Å². The van der Waals surface area contributed by atoms with Crippen molar-refractivity contribution in [3.05, 3.63) is 0 Å². The Kier molecular flexibility index (Phi) is 12.9. The summed E-state index contributed by atoms with van der Waals surface area (Å²) >= 11 is 0. The fourth-order valence-corrected chi connectivity index (χ4v) is 12.4. The van der Waals surface area contributed by atoms with Crippen molar-refractivity contribution < 1.29 is 105 Å². The summed E-state index contributed by atoms with van der Waals surface area (Å²) in [6.45, 7) is 1.05. The summed E-state index contributed by atoms with van der Waals surface area (Å²) in [6.07, 6.45) is -26.1. The van der Waals surface area contributed by atoms with Gasteiger partial charge in [0.2, 0.25) is 6.29 Å². The van der Waals surface area contributed by atoms with Gasteiger partial charge < -0.3 is 99.9 Å². The molecule has 7 rings (SSSR count). The normalized spacial score (nSPS) is 56.2. The van der Waals surface area contributed by atoms with Gasteiger partial charge in [-0.25, -0.2) is 0 Å². The van der Waals surface area contributed by atoms with Crippen LogP contribution >= 0.6 is 0 Å². The van der Waals surface area contributed by atoms with E-state index in [1.165, 1.54) is 0 Å². The van der Waals surface area contributed by atoms with Crippen LogP contribution in [0.25, 0.3) is 0 Å². The molecule has 4 saturated carbocycles. The van der Waals surface area contributed by atoms with Crippen LogP contribution in [0.15, 0.2) is 0 Å². The van der Waals surface area contributed by atoms with E-state index in [2.05, 4.69) is 0 Å².